The maximum absolute atomic E-state index is 10.1. The molecule has 3 aromatic rings. The lowest BCUT2D eigenvalue weighted by molar-refractivity contribution is 0.476. The van der Waals surface area contributed by atoms with Gasteiger partial charge in [0.1, 0.15) is 5.75 Å². The zero-order valence-electron chi connectivity index (χ0n) is 13.1. The van der Waals surface area contributed by atoms with Gasteiger partial charge in [0.25, 0.3) is 0 Å². The van der Waals surface area contributed by atoms with E-state index in [1.165, 1.54) is 5.56 Å². The molecular weight excluding hydrogens is 284 g/mol. The minimum Gasteiger partial charge on any atom is -0.506 e. The van der Waals surface area contributed by atoms with Crippen molar-refractivity contribution in [3.8, 4) is 5.75 Å². The SMILES string of the molecule is Cc1ccc(O)c(NC(Cc2ccccc2)c2ccccn2)c1. The van der Waals surface area contributed by atoms with Gasteiger partial charge in [0.15, 0.2) is 0 Å². The van der Waals surface area contributed by atoms with E-state index in [0.717, 1.165) is 23.4 Å². The Bertz CT molecular complexity index is 757. The van der Waals surface area contributed by atoms with Crippen molar-refractivity contribution in [2.45, 2.75) is 19.4 Å². The van der Waals surface area contributed by atoms with Gasteiger partial charge in [0, 0.05) is 6.20 Å². The van der Waals surface area contributed by atoms with Gasteiger partial charge in [-0.05, 0) is 48.7 Å². The van der Waals surface area contributed by atoms with Gasteiger partial charge < -0.3 is 10.4 Å². The highest BCUT2D eigenvalue weighted by Crippen LogP contribution is 2.29. The lowest BCUT2D eigenvalue weighted by Crippen LogP contribution is -2.15. The van der Waals surface area contributed by atoms with Crippen molar-refractivity contribution in [3.63, 3.8) is 0 Å². The molecule has 0 bridgehead atoms. The minimum atomic E-state index is -0.00806. The van der Waals surface area contributed by atoms with Crippen LogP contribution in [0.4, 0.5) is 5.69 Å². The maximum Gasteiger partial charge on any atom is 0.138 e. The summed E-state index contributed by atoms with van der Waals surface area (Å²) < 4.78 is 0. The first kappa shape index (κ1) is 15.1. The fourth-order valence-electron chi connectivity index (χ4n) is 2.61. The lowest BCUT2D eigenvalue weighted by atomic mass is 10.0. The molecule has 0 fully saturated rings. The van der Waals surface area contributed by atoms with Crippen LogP contribution >= 0.6 is 0 Å². The summed E-state index contributed by atoms with van der Waals surface area (Å²) in [5, 5.41) is 13.6. The number of phenols is 1. The van der Waals surface area contributed by atoms with E-state index in [4.69, 9.17) is 0 Å². The highest BCUT2D eigenvalue weighted by Gasteiger charge is 2.15. The predicted molar refractivity (Wildman–Crippen MR) is 93.6 cm³/mol. The molecule has 1 heterocycles. The number of benzene rings is 2. The summed E-state index contributed by atoms with van der Waals surface area (Å²) >= 11 is 0. The number of nitrogens with one attached hydrogen (secondary N) is 1. The van der Waals surface area contributed by atoms with Gasteiger partial charge in [-0.1, -0.05) is 42.5 Å². The highest BCUT2D eigenvalue weighted by atomic mass is 16.3. The van der Waals surface area contributed by atoms with Crippen molar-refractivity contribution in [2.75, 3.05) is 5.32 Å². The molecule has 23 heavy (non-hydrogen) atoms. The number of aromatic hydroxyl groups is 1. The first-order chi connectivity index (χ1) is 11.2. The fourth-order valence-corrected chi connectivity index (χ4v) is 2.61. The molecule has 0 aliphatic heterocycles. The highest BCUT2D eigenvalue weighted by molar-refractivity contribution is 5.58. The van der Waals surface area contributed by atoms with Crippen LogP contribution in [0.1, 0.15) is 22.9 Å². The minimum absolute atomic E-state index is 0.00806. The smallest absolute Gasteiger partial charge is 0.138 e. The molecule has 0 radical (unpaired) electrons. The predicted octanol–water partition coefficient (Wildman–Crippen LogP) is 4.49. The molecule has 3 heteroatoms. The third-order valence-corrected chi connectivity index (χ3v) is 3.81. The molecule has 3 rings (SSSR count). The van der Waals surface area contributed by atoms with Gasteiger partial charge in [-0.15, -0.1) is 0 Å². The Kier molecular flexibility index (Phi) is 4.57. The summed E-state index contributed by atoms with van der Waals surface area (Å²) in [5.74, 6) is 0.254. The van der Waals surface area contributed by atoms with Crippen molar-refractivity contribution >= 4 is 5.69 Å². The topological polar surface area (TPSA) is 45.1 Å². The van der Waals surface area contributed by atoms with Crippen LogP contribution in [-0.2, 0) is 6.42 Å². The molecule has 0 aliphatic rings. The Balaban J connectivity index is 1.90. The Labute approximate surface area is 136 Å². The molecule has 1 aromatic heterocycles. The summed E-state index contributed by atoms with van der Waals surface area (Å²) in [5.41, 5.74) is 4.02. The molecule has 0 amide bonds. The molecule has 2 aromatic carbocycles. The molecule has 116 valence electrons. The number of aromatic nitrogens is 1. The molecule has 1 unspecified atom stereocenters. The molecule has 1 atom stereocenters. The molecule has 0 saturated carbocycles. The monoisotopic (exact) mass is 304 g/mol. The number of pyridine rings is 1. The third-order valence-electron chi connectivity index (χ3n) is 3.81. The van der Waals surface area contributed by atoms with Crippen molar-refractivity contribution in [1.29, 1.82) is 0 Å². The van der Waals surface area contributed by atoms with Crippen molar-refractivity contribution in [1.82, 2.24) is 4.98 Å². The Morgan fingerprint density at radius 1 is 1.00 bits per heavy atom. The van der Waals surface area contributed by atoms with Crippen LogP contribution in [0.15, 0.2) is 72.9 Å². The summed E-state index contributed by atoms with van der Waals surface area (Å²) in [6.45, 7) is 2.01. The number of hydrogen-bond acceptors (Lipinski definition) is 3. The second kappa shape index (κ2) is 6.97. The van der Waals surface area contributed by atoms with Crippen molar-refractivity contribution < 1.29 is 5.11 Å². The first-order valence-corrected chi connectivity index (χ1v) is 7.73. The molecule has 0 spiro atoms. The van der Waals surface area contributed by atoms with Gasteiger partial charge in [0.05, 0.1) is 17.4 Å². The van der Waals surface area contributed by atoms with Gasteiger partial charge >= 0.3 is 0 Å². The molecule has 0 aliphatic carbocycles. The maximum atomic E-state index is 10.1. The van der Waals surface area contributed by atoms with Crippen LogP contribution in [0.3, 0.4) is 0 Å². The third kappa shape index (κ3) is 3.89. The number of rotatable bonds is 5. The zero-order chi connectivity index (χ0) is 16.1. The number of aryl methyl sites for hydroxylation is 1. The van der Waals surface area contributed by atoms with Gasteiger partial charge in [-0.2, -0.15) is 0 Å². The van der Waals surface area contributed by atoms with E-state index in [-0.39, 0.29) is 11.8 Å². The number of anilines is 1. The summed E-state index contributed by atoms with van der Waals surface area (Å²) in [4.78, 5) is 4.48. The zero-order valence-corrected chi connectivity index (χ0v) is 13.1. The fraction of sp³-hybridized carbons (Fsp3) is 0.150. The Morgan fingerprint density at radius 3 is 2.52 bits per heavy atom. The number of nitrogens with zero attached hydrogens (tertiary/aromatic N) is 1. The van der Waals surface area contributed by atoms with E-state index in [0.29, 0.717) is 0 Å². The van der Waals surface area contributed by atoms with E-state index in [1.54, 1.807) is 12.3 Å². The Hall–Kier alpha value is -2.81. The van der Waals surface area contributed by atoms with Crippen LogP contribution < -0.4 is 5.32 Å². The first-order valence-electron chi connectivity index (χ1n) is 7.73. The second-order valence-corrected chi connectivity index (χ2v) is 5.66. The van der Waals surface area contributed by atoms with E-state index in [2.05, 4.69) is 22.4 Å². The summed E-state index contributed by atoms with van der Waals surface area (Å²) in [6, 6.07) is 21.8. The quantitative estimate of drug-likeness (QED) is 0.683. The van der Waals surface area contributed by atoms with E-state index in [1.807, 2.05) is 55.5 Å². The largest absolute Gasteiger partial charge is 0.506 e. The van der Waals surface area contributed by atoms with Crippen LogP contribution in [-0.4, -0.2) is 10.1 Å². The molecular formula is C20H20N2O. The number of hydrogen-bond donors (Lipinski definition) is 2. The molecule has 0 saturated heterocycles. The normalized spacial score (nSPS) is 11.9. The van der Waals surface area contributed by atoms with Crippen molar-refractivity contribution in [2.24, 2.45) is 0 Å². The van der Waals surface area contributed by atoms with Crippen LogP contribution in [0.25, 0.3) is 0 Å². The van der Waals surface area contributed by atoms with Crippen molar-refractivity contribution in [3.05, 3.63) is 89.7 Å². The molecule has 2 N–H and O–H groups in total. The summed E-state index contributed by atoms with van der Waals surface area (Å²) in [6.07, 6.45) is 2.59. The van der Waals surface area contributed by atoms with Gasteiger partial charge in [-0.3, -0.25) is 4.98 Å². The van der Waals surface area contributed by atoms with Gasteiger partial charge in [-0.25, -0.2) is 0 Å². The van der Waals surface area contributed by atoms with Crippen LogP contribution in [0.5, 0.6) is 5.75 Å². The average molecular weight is 304 g/mol. The average Bonchev–Trinajstić information content (AvgIpc) is 2.59. The lowest BCUT2D eigenvalue weighted by Gasteiger charge is -2.20. The second-order valence-electron chi connectivity index (χ2n) is 5.66. The number of phenolic OH excluding ortho intramolecular Hbond substituents is 1. The Morgan fingerprint density at radius 2 is 1.78 bits per heavy atom. The van der Waals surface area contributed by atoms with E-state index >= 15 is 0 Å². The standard InChI is InChI=1S/C20H20N2O/c1-15-10-11-20(23)19(13-15)22-18(17-9-5-6-12-21-17)14-16-7-3-2-4-8-16/h2-13,18,22-23H,14H2,1H3. The van der Waals surface area contributed by atoms with E-state index < -0.39 is 0 Å². The van der Waals surface area contributed by atoms with Crippen LogP contribution in [0.2, 0.25) is 0 Å². The van der Waals surface area contributed by atoms with Crippen LogP contribution in [0, 0.1) is 6.92 Å². The molecule has 3 nitrogen and oxygen atoms in total. The van der Waals surface area contributed by atoms with Gasteiger partial charge in [0.2, 0.25) is 0 Å². The summed E-state index contributed by atoms with van der Waals surface area (Å²) in [7, 11) is 0. The van der Waals surface area contributed by atoms with E-state index in [9.17, 15) is 5.11 Å².